The Labute approximate surface area is 125 Å². The first-order chi connectivity index (χ1) is 10.0. The van der Waals surface area contributed by atoms with Crippen molar-refractivity contribution in [1.82, 2.24) is 0 Å². The highest BCUT2D eigenvalue weighted by atomic mass is 32.2. The summed E-state index contributed by atoms with van der Waals surface area (Å²) in [5, 5.41) is 0. The van der Waals surface area contributed by atoms with Crippen molar-refractivity contribution in [2.45, 2.75) is 23.1 Å². The molecule has 2 aromatic rings. The smallest absolute Gasteiger partial charge is 0.167 e. The van der Waals surface area contributed by atoms with Crippen molar-refractivity contribution >= 4 is 17.4 Å². The van der Waals surface area contributed by atoms with Gasteiger partial charge in [0.2, 0.25) is 0 Å². The number of hydrogen-bond donors (Lipinski definition) is 1. The molecule has 2 aromatic carbocycles. The lowest BCUT2D eigenvalue weighted by Gasteiger charge is -2.11. The van der Waals surface area contributed by atoms with Crippen LogP contribution in [0, 0.1) is 17.5 Å². The minimum Gasteiger partial charge on any atom is -0.490 e. The Kier molecular flexibility index (Phi) is 5.01. The van der Waals surface area contributed by atoms with Gasteiger partial charge >= 0.3 is 0 Å². The molecule has 0 heterocycles. The van der Waals surface area contributed by atoms with Gasteiger partial charge in [-0.05, 0) is 30.7 Å². The number of halogens is 3. The molecular weight excluding hydrogens is 299 g/mol. The summed E-state index contributed by atoms with van der Waals surface area (Å²) in [6.45, 7) is 2.29. The molecule has 0 saturated heterocycles. The highest BCUT2D eigenvalue weighted by Gasteiger charge is 2.11. The summed E-state index contributed by atoms with van der Waals surface area (Å²) in [7, 11) is 0. The summed E-state index contributed by atoms with van der Waals surface area (Å²) in [5.74, 6) is -2.31. The number of benzene rings is 2. The molecule has 0 amide bonds. The molecule has 0 aliphatic heterocycles. The van der Waals surface area contributed by atoms with E-state index in [9.17, 15) is 13.2 Å². The zero-order valence-electron chi connectivity index (χ0n) is 11.3. The fourth-order valence-corrected chi connectivity index (χ4v) is 2.52. The lowest BCUT2D eigenvalue weighted by atomic mass is 10.3. The molecule has 2 N–H and O–H groups in total. The van der Waals surface area contributed by atoms with Crippen LogP contribution < -0.4 is 10.5 Å². The normalized spacial score (nSPS) is 10.7. The molecule has 0 radical (unpaired) electrons. The Morgan fingerprint density at radius 1 is 1.05 bits per heavy atom. The highest BCUT2D eigenvalue weighted by molar-refractivity contribution is 7.99. The van der Waals surface area contributed by atoms with Crippen LogP contribution in [0.15, 0.2) is 40.1 Å². The van der Waals surface area contributed by atoms with Crippen LogP contribution in [0.2, 0.25) is 0 Å². The van der Waals surface area contributed by atoms with Gasteiger partial charge in [-0.1, -0.05) is 18.7 Å². The van der Waals surface area contributed by atoms with Gasteiger partial charge in [-0.15, -0.1) is 0 Å². The van der Waals surface area contributed by atoms with Crippen LogP contribution in [0.4, 0.5) is 18.9 Å². The van der Waals surface area contributed by atoms with Crippen LogP contribution in [-0.4, -0.2) is 6.61 Å². The quantitative estimate of drug-likeness (QED) is 0.818. The molecule has 0 aliphatic rings. The SMILES string of the molecule is CCCOc1cc(Sc2ccc(F)c(F)c2)c(N)cc1F. The lowest BCUT2D eigenvalue weighted by Crippen LogP contribution is -1.99. The maximum absolute atomic E-state index is 13.7. The van der Waals surface area contributed by atoms with Gasteiger partial charge < -0.3 is 10.5 Å². The standard InChI is InChI=1S/C15H14F3NOS/c1-2-5-20-14-8-15(13(19)7-12(14)18)21-9-3-4-10(16)11(17)6-9/h3-4,6-8H,2,5,19H2,1H3. The van der Waals surface area contributed by atoms with E-state index in [0.717, 1.165) is 36.4 Å². The second-order valence-corrected chi connectivity index (χ2v) is 5.46. The second kappa shape index (κ2) is 6.76. The maximum Gasteiger partial charge on any atom is 0.167 e. The molecule has 0 aromatic heterocycles. The van der Waals surface area contributed by atoms with Crippen molar-refractivity contribution in [1.29, 1.82) is 0 Å². The number of ether oxygens (including phenoxy) is 1. The summed E-state index contributed by atoms with van der Waals surface area (Å²) in [5.41, 5.74) is 5.96. The first kappa shape index (κ1) is 15.6. The Bertz CT molecular complexity index is 649. The van der Waals surface area contributed by atoms with Crippen molar-refractivity contribution in [3.63, 3.8) is 0 Å². The third-order valence-corrected chi connectivity index (χ3v) is 3.71. The molecule has 0 unspecified atom stereocenters. The Hall–Kier alpha value is -1.82. The summed E-state index contributed by atoms with van der Waals surface area (Å²) in [4.78, 5) is 0.988. The highest BCUT2D eigenvalue weighted by Crippen LogP contribution is 2.36. The summed E-state index contributed by atoms with van der Waals surface area (Å²) >= 11 is 1.12. The zero-order valence-corrected chi connectivity index (χ0v) is 12.1. The third kappa shape index (κ3) is 3.85. The van der Waals surface area contributed by atoms with Gasteiger partial charge in [0.15, 0.2) is 23.2 Å². The molecule has 0 aliphatic carbocycles. The average Bonchev–Trinajstić information content (AvgIpc) is 2.44. The molecule has 6 heteroatoms. The number of nitrogens with two attached hydrogens (primary N) is 1. The first-order valence-electron chi connectivity index (χ1n) is 6.36. The molecular formula is C15H14F3NOS. The predicted octanol–water partition coefficient (Wildman–Crippen LogP) is 4.63. The minimum absolute atomic E-state index is 0.0936. The summed E-state index contributed by atoms with van der Waals surface area (Å²) in [6.07, 6.45) is 0.746. The van der Waals surface area contributed by atoms with Gasteiger partial charge in [0, 0.05) is 21.5 Å². The zero-order chi connectivity index (χ0) is 15.4. The molecule has 112 valence electrons. The molecule has 2 nitrogen and oxygen atoms in total. The second-order valence-electron chi connectivity index (χ2n) is 4.35. The van der Waals surface area contributed by atoms with Crippen molar-refractivity contribution in [3.05, 3.63) is 47.8 Å². The van der Waals surface area contributed by atoms with Crippen LogP contribution in [0.3, 0.4) is 0 Å². The molecule has 0 atom stereocenters. The van der Waals surface area contributed by atoms with Crippen molar-refractivity contribution in [3.8, 4) is 5.75 Å². The monoisotopic (exact) mass is 313 g/mol. The van der Waals surface area contributed by atoms with E-state index in [1.807, 2.05) is 6.92 Å². The molecule has 0 saturated carbocycles. The van der Waals surface area contributed by atoms with Crippen LogP contribution in [0.5, 0.6) is 5.75 Å². The minimum atomic E-state index is -0.942. The predicted molar refractivity (Wildman–Crippen MR) is 77.1 cm³/mol. The van der Waals surface area contributed by atoms with E-state index < -0.39 is 17.5 Å². The van der Waals surface area contributed by atoms with E-state index in [1.54, 1.807) is 0 Å². The Morgan fingerprint density at radius 2 is 1.81 bits per heavy atom. The van der Waals surface area contributed by atoms with Crippen molar-refractivity contribution in [2.24, 2.45) is 0 Å². The fourth-order valence-electron chi connectivity index (χ4n) is 1.63. The number of rotatable bonds is 5. The van der Waals surface area contributed by atoms with Gasteiger partial charge in [-0.3, -0.25) is 0 Å². The van der Waals surface area contributed by atoms with E-state index in [0.29, 0.717) is 16.4 Å². The molecule has 0 fully saturated rings. The Morgan fingerprint density at radius 3 is 2.48 bits per heavy atom. The molecule has 21 heavy (non-hydrogen) atoms. The summed E-state index contributed by atoms with van der Waals surface area (Å²) < 4.78 is 45.1. The molecule has 0 spiro atoms. The largest absolute Gasteiger partial charge is 0.490 e. The molecule has 0 bridgehead atoms. The average molecular weight is 313 g/mol. The third-order valence-electron chi connectivity index (χ3n) is 2.64. The van der Waals surface area contributed by atoms with E-state index in [2.05, 4.69) is 0 Å². The van der Waals surface area contributed by atoms with E-state index in [1.165, 1.54) is 12.1 Å². The Balaban J connectivity index is 2.28. The molecule has 2 rings (SSSR count). The van der Waals surface area contributed by atoms with E-state index in [-0.39, 0.29) is 11.4 Å². The van der Waals surface area contributed by atoms with Gasteiger partial charge in [-0.2, -0.15) is 0 Å². The topological polar surface area (TPSA) is 35.2 Å². The van der Waals surface area contributed by atoms with Crippen LogP contribution in [0.1, 0.15) is 13.3 Å². The lowest BCUT2D eigenvalue weighted by molar-refractivity contribution is 0.300. The van der Waals surface area contributed by atoms with Crippen molar-refractivity contribution in [2.75, 3.05) is 12.3 Å². The number of anilines is 1. The van der Waals surface area contributed by atoms with Gasteiger partial charge in [0.1, 0.15) is 0 Å². The van der Waals surface area contributed by atoms with Crippen LogP contribution in [-0.2, 0) is 0 Å². The fraction of sp³-hybridized carbons (Fsp3) is 0.200. The summed E-state index contributed by atoms with van der Waals surface area (Å²) in [6, 6.07) is 6.15. The van der Waals surface area contributed by atoms with E-state index in [4.69, 9.17) is 10.5 Å². The van der Waals surface area contributed by atoms with Crippen LogP contribution in [0.25, 0.3) is 0 Å². The van der Waals surface area contributed by atoms with E-state index >= 15 is 0 Å². The van der Waals surface area contributed by atoms with Crippen LogP contribution >= 0.6 is 11.8 Å². The first-order valence-corrected chi connectivity index (χ1v) is 7.17. The number of hydrogen-bond acceptors (Lipinski definition) is 3. The van der Waals surface area contributed by atoms with Gasteiger partial charge in [0.05, 0.1) is 6.61 Å². The van der Waals surface area contributed by atoms with Crippen molar-refractivity contribution < 1.29 is 17.9 Å². The van der Waals surface area contributed by atoms with Gasteiger partial charge in [-0.25, -0.2) is 13.2 Å². The number of nitrogen functional groups attached to an aromatic ring is 1. The maximum atomic E-state index is 13.7. The van der Waals surface area contributed by atoms with Gasteiger partial charge in [0.25, 0.3) is 0 Å².